The predicted molar refractivity (Wildman–Crippen MR) is 80.6 cm³/mol. The van der Waals surface area contributed by atoms with E-state index in [2.05, 4.69) is 37.9 Å². The average Bonchev–Trinajstić information content (AvgIpc) is 2.36. The molecular weight excluding hydrogens is 238 g/mol. The molecule has 3 nitrogen and oxygen atoms in total. The third-order valence-electron chi connectivity index (χ3n) is 3.28. The molecule has 3 heteroatoms. The summed E-state index contributed by atoms with van der Waals surface area (Å²) in [6.07, 6.45) is 3.99. The fraction of sp³-hybridized carbons (Fsp3) is 0.438. The van der Waals surface area contributed by atoms with Crippen LogP contribution in [-0.4, -0.2) is 24.7 Å². The van der Waals surface area contributed by atoms with Crippen molar-refractivity contribution in [2.24, 2.45) is 5.92 Å². The number of hydrogen-bond donors (Lipinski definition) is 1. The summed E-state index contributed by atoms with van der Waals surface area (Å²) < 4.78 is 0. The number of carboxylic acids is 1. The Hall–Kier alpha value is -1.77. The van der Waals surface area contributed by atoms with E-state index in [0.717, 1.165) is 29.8 Å². The van der Waals surface area contributed by atoms with Crippen LogP contribution in [0, 0.1) is 12.8 Å². The Morgan fingerprint density at radius 2 is 2.16 bits per heavy atom. The lowest BCUT2D eigenvalue weighted by molar-refractivity contribution is -0.131. The van der Waals surface area contributed by atoms with E-state index in [1.165, 1.54) is 6.08 Å². The molecule has 1 unspecified atom stereocenters. The van der Waals surface area contributed by atoms with E-state index >= 15 is 0 Å². The molecule has 0 spiro atoms. The maximum absolute atomic E-state index is 10.7. The quantitative estimate of drug-likeness (QED) is 0.796. The normalized spacial score (nSPS) is 12.6. The Balaban J connectivity index is 3.02. The monoisotopic (exact) mass is 261 g/mol. The van der Waals surface area contributed by atoms with E-state index in [4.69, 9.17) is 5.11 Å². The summed E-state index contributed by atoms with van der Waals surface area (Å²) >= 11 is 0. The fourth-order valence-electron chi connectivity index (χ4n) is 2.01. The summed E-state index contributed by atoms with van der Waals surface area (Å²) in [6, 6.07) is 6.13. The molecular formula is C16H23NO2. The topological polar surface area (TPSA) is 40.5 Å². The lowest BCUT2D eigenvalue weighted by atomic mass is 10.1. The first-order valence-electron chi connectivity index (χ1n) is 6.66. The Bertz CT molecular complexity index is 466. The summed E-state index contributed by atoms with van der Waals surface area (Å²) in [7, 11) is 2.05. The highest BCUT2D eigenvalue weighted by atomic mass is 16.4. The molecule has 0 aromatic heterocycles. The number of nitrogens with zero attached hydrogens (tertiary/aromatic N) is 1. The van der Waals surface area contributed by atoms with Crippen molar-refractivity contribution in [2.75, 3.05) is 18.5 Å². The van der Waals surface area contributed by atoms with Gasteiger partial charge in [0.1, 0.15) is 0 Å². The van der Waals surface area contributed by atoms with Gasteiger partial charge in [-0.2, -0.15) is 0 Å². The lowest BCUT2D eigenvalue weighted by Crippen LogP contribution is -2.24. The second-order valence-electron chi connectivity index (χ2n) is 5.13. The maximum atomic E-state index is 10.7. The number of rotatable bonds is 6. The smallest absolute Gasteiger partial charge is 0.328 e. The Kier molecular flexibility index (Phi) is 5.61. The van der Waals surface area contributed by atoms with E-state index < -0.39 is 5.97 Å². The van der Waals surface area contributed by atoms with Crippen molar-refractivity contribution in [3.05, 3.63) is 35.4 Å². The summed E-state index contributed by atoms with van der Waals surface area (Å²) in [5.41, 5.74) is 3.15. The number of carbonyl (C=O) groups is 1. The van der Waals surface area contributed by atoms with Crippen molar-refractivity contribution in [1.82, 2.24) is 0 Å². The molecule has 0 aliphatic rings. The number of carboxylic acid groups (broad SMARTS) is 1. The molecule has 1 rings (SSSR count). The van der Waals surface area contributed by atoms with Crippen molar-refractivity contribution >= 4 is 17.7 Å². The highest BCUT2D eigenvalue weighted by molar-refractivity contribution is 5.87. The van der Waals surface area contributed by atoms with Crippen LogP contribution in [0.4, 0.5) is 5.69 Å². The molecule has 0 aliphatic heterocycles. The second-order valence-corrected chi connectivity index (χ2v) is 5.13. The van der Waals surface area contributed by atoms with E-state index in [1.54, 1.807) is 6.08 Å². The SMILES string of the molecule is CCC(C)CN(C)c1ccc(C)cc1/C=C/C(=O)O. The van der Waals surface area contributed by atoms with Crippen LogP contribution in [-0.2, 0) is 4.79 Å². The number of benzene rings is 1. The van der Waals surface area contributed by atoms with Crippen molar-refractivity contribution in [3.8, 4) is 0 Å². The molecule has 19 heavy (non-hydrogen) atoms. The van der Waals surface area contributed by atoms with Crippen LogP contribution in [0.1, 0.15) is 31.4 Å². The van der Waals surface area contributed by atoms with Gasteiger partial charge in [0.2, 0.25) is 0 Å². The minimum Gasteiger partial charge on any atom is -0.478 e. The second kappa shape index (κ2) is 6.98. The Morgan fingerprint density at radius 1 is 1.47 bits per heavy atom. The summed E-state index contributed by atoms with van der Waals surface area (Å²) in [4.78, 5) is 12.9. The van der Waals surface area contributed by atoms with Crippen LogP contribution in [0.3, 0.4) is 0 Å². The average molecular weight is 261 g/mol. The zero-order chi connectivity index (χ0) is 14.4. The largest absolute Gasteiger partial charge is 0.478 e. The van der Waals surface area contributed by atoms with Gasteiger partial charge in [0.25, 0.3) is 0 Å². The molecule has 0 heterocycles. The maximum Gasteiger partial charge on any atom is 0.328 e. The van der Waals surface area contributed by atoms with Gasteiger partial charge in [0.05, 0.1) is 0 Å². The van der Waals surface area contributed by atoms with Gasteiger partial charge in [-0.3, -0.25) is 0 Å². The molecule has 1 aromatic rings. The molecule has 1 N–H and O–H groups in total. The van der Waals surface area contributed by atoms with E-state index in [1.807, 2.05) is 13.0 Å². The molecule has 0 bridgehead atoms. The van der Waals surface area contributed by atoms with E-state index in [-0.39, 0.29) is 0 Å². The van der Waals surface area contributed by atoms with Gasteiger partial charge in [-0.15, -0.1) is 0 Å². The molecule has 0 saturated heterocycles. The third kappa shape index (κ3) is 4.78. The Morgan fingerprint density at radius 3 is 2.74 bits per heavy atom. The van der Waals surface area contributed by atoms with Crippen molar-refractivity contribution in [1.29, 1.82) is 0 Å². The summed E-state index contributed by atoms with van der Waals surface area (Å²) in [5, 5.41) is 8.76. The van der Waals surface area contributed by atoms with Crippen LogP contribution >= 0.6 is 0 Å². The standard InChI is InChI=1S/C16H23NO2/c1-5-12(2)11-17(4)15-8-6-13(3)10-14(15)7-9-16(18)19/h6-10,12H,5,11H2,1-4H3,(H,18,19)/b9-7+. The summed E-state index contributed by atoms with van der Waals surface area (Å²) in [5.74, 6) is -0.306. The molecule has 1 atom stereocenters. The molecule has 1 aromatic carbocycles. The zero-order valence-corrected chi connectivity index (χ0v) is 12.2. The first-order chi connectivity index (χ1) is 8.93. The molecule has 0 amide bonds. The minimum absolute atomic E-state index is 0.614. The van der Waals surface area contributed by atoms with Gasteiger partial charge in [-0.1, -0.05) is 31.9 Å². The highest BCUT2D eigenvalue weighted by Crippen LogP contribution is 2.23. The first-order valence-corrected chi connectivity index (χ1v) is 6.66. The molecule has 104 valence electrons. The van der Waals surface area contributed by atoms with Gasteiger partial charge in [0, 0.05) is 25.4 Å². The Labute approximate surface area is 115 Å². The fourth-order valence-corrected chi connectivity index (χ4v) is 2.01. The van der Waals surface area contributed by atoms with Crippen molar-refractivity contribution in [3.63, 3.8) is 0 Å². The van der Waals surface area contributed by atoms with Crippen molar-refractivity contribution < 1.29 is 9.90 Å². The van der Waals surface area contributed by atoms with Gasteiger partial charge >= 0.3 is 5.97 Å². The van der Waals surface area contributed by atoms with Crippen LogP contribution in [0.25, 0.3) is 6.08 Å². The highest BCUT2D eigenvalue weighted by Gasteiger charge is 2.09. The van der Waals surface area contributed by atoms with Crippen LogP contribution in [0.15, 0.2) is 24.3 Å². The van der Waals surface area contributed by atoms with Crippen LogP contribution in [0.2, 0.25) is 0 Å². The van der Waals surface area contributed by atoms with Gasteiger partial charge in [0.15, 0.2) is 0 Å². The molecule has 0 fully saturated rings. The predicted octanol–water partition coefficient (Wildman–Crippen LogP) is 3.58. The van der Waals surface area contributed by atoms with Crippen molar-refractivity contribution in [2.45, 2.75) is 27.2 Å². The number of aliphatic carboxylic acids is 1. The van der Waals surface area contributed by atoms with Crippen LogP contribution < -0.4 is 4.90 Å². The lowest BCUT2D eigenvalue weighted by Gasteiger charge is -2.25. The molecule has 0 aliphatic carbocycles. The van der Waals surface area contributed by atoms with Gasteiger partial charge < -0.3 is 10.0 Å². The van der Waals surface area contributed by atoms with E-state index in [9.17, 15) is 4.79 Å². The zero-order valence-electron chi connectivity index (χ0n) is 12.2. The first kappa shape index (κ1) is 15.3. The summed E-state index contributed by atoms with van der Waals surface area (Å²) in [6.45, 7) is 7.38. The van der Waals surface area contributed by atoms with Gasteiger partial charge in [-0.25, -0.2) is 4.79 Å². The van der Waals surface area contributed by atoms with E-state index in [0.29, 0.717) is 5.92 Å². The number of aryl methyl sites for hydroxylation is 1. The molecule has 0 saturated carbocycles. The minimum atomic E-state index is -0.919. The number of anilines is 1. The third-order valence-corrected chi connectivity index (χ3v) is 3.28. The van der Waals surface area contributed by atoms with Crippen LogP contribution in [0.5, 0.6) is 0 Å². The molecule has 0 radical (unpaired) electrons. The number of hydrogen-bond acceptors (Lipinski definition) is 2. The van der Waals surface area contributed by atoms with Gasteiger partial charge in [-0.05, 0) is 36.6 Å².